The standard InChI is InChI=1S/C15H20Cl2N2/c1-10-7-13(17)15(8-12(10)16)19-6-2-5-18-14(9-19)11-3-4-11/h7-8,11,14,18H,2-6,9H2,1H3. The third-order valence-corrected chi connectivity index (χ3v) is 4.90. The predicted molar refractivity (Wildman–Crippen MR) is 82.5 cm³/mol. The third kappa shape index (κ3) is 3.01. The van der Waals surface area contributed by atoms with Gasteiger partial charge in [0.2, 0.25) is 0 Å². The minimum Gasteiger partial charge on any atom is -0.369 e. The lowest BCUT2D eigenvalue weighted by Gasteiger charge is -2.27. The average Bonchev–Trinajstić information content (AvgIpc) is 3.18. The summed E-state index contributed by atoms with van der Waals surface area (Å²) in [5.74, 6) is 0.861. The summed E-state index contributed by atoms with van der Waals surface area (Å²) in [6.45, 7) is 5.20. The Balaban J connectivity index is 1.84. The lowest BCUT2D eigenvalue weighted by atomic mass is 10.1. The number of rotatable bonds is 2. The largest absolute Gasteiger partial charge is 0.369 e. The van der Waals surface area contributed by atoms with Crippen LogP contribution in [0.4, 0.5) is 5.69 Å². The zero-order chi connectivity index (χ0) is 13.4. The molecule has 1 aliphatic carbocycles. The van der Waals surface area contributed by atoms with Crippen molar-refractivity contribution in [2.24, 2.45) is 5.92 Å². The first-order valence-corrected chi connectivity index (χ1v) is 7.84. The van der Waals surface area contributed by atoms with Gasteiger partial charge in [-0.05, 0) is 56.3 Å². The Morgan fingerprint density at radius 2 is 2.00 bits per heavy atom. The van der Waals surface area contributed by atoms with Gasteiger partial charge in [0.25, 0.3) is 0 Å². The van der Waals surface area contributed by atoms with Crippen molar-refractivity contribution in [2.75, 3.05) is 24.5 Å². The van der Waals surface area contributed by atoms with E-state index in [4.69, 9.17) is 23.2 Å². The average molecular weight is 299 g/mol. The summed E-state index contributed by atoms with van der Waals surface area (Å²) in [4.78, 5) is 2.40. The van der Waals surface area contributed by atoms with E-state index in [0.29, 0.717) is 6.04 Å². The first kappa shape index (κ1) is 13.5. The molecule has 1 aromatic carbocycles. The van der Waals surface area contributed by atoms with E-state index < -0.39 is 0 Å². The van der Waals surface area contributed by atoms with Gasteiger partial charge in [-0.25, -0.2) is 0 Å². The van der Waals surface area contributed by atoms with E-state index >= 15 is 0 Å². The van der Waals surface area contributed by atoms with E-state index in [-0.39, 0.29) is 0 Å². The summed E-state index contributed by atoms with van der Waals surface area (Å²) >= 11 is 12.7. The zero-order valence-corrected chi connectivity index (χ0v) is 12.8. The Morgan fingerprint density at radius 3 is 2.74 bits per heavy atom. The summed E-state index contributed by atoms with van der Waals surface area (Å²) < 4.78 is 0. The first-order valence-electron chi connectivity index (χ1n) is 7.09. The second-order valence-electron chi connectivity index (χ2n) is 5.75. The number of halogens is 2. The van der Waals surface area contributed by atoms with Gasteiger partial charge in [0.1, 0.15) is 0 Å². The van der Waals surface area contributed by atoms with Crippen LogP contribution in [0.2, 0.25) is 10.0 Å². The molecule has 0 amide bonds. The fraction of sp³-hybridized carbons (Fsp3) is 0.600. The molecule has 3 rings (SSSR count). The topological polar surface area (TPSA) is 15.3 Å². The highest BCUT2D eigenvalue weighted by Crippen LogP contribution is 2.36. The van der Waals surface area contributed by atoms with Gasteiger partial charge in [-0.2, -0.15) is 0 Å². The van der Waals surface area contributed by atoms with Crippen molar-refractivity contribution in [3.63, 3.8) is 0 Å². The maximum Gasteiger partial charge on any atom is 0.0643 e. The number of nitrogens with zero attached hydrogens (tertiary/aromatic N) is 1. The van der Waals surface area contributed by atoms with Crippen molar-refractivity contribution in [3.05, 3.63) is 27.7 Å². The smallest absolute Gasteiger partial charge is 0.0643 e. The molecular formula is C15H20Cl2N2. The van der Waals surface area contributed by atoms with Gasteiger partial charge in [-0.1, -0.05) is 23.2 Å². The van der Waals surface area contributed by atoms with Crippen LogP contribution < -0.4 is 10.2 Å². The Bertz CT molecular complexity index is 471. The summed E-state index contributed by atoms with van der Waals surface area (Å²) in [6.07, 6.45) is 3.90. The minimum atomic E-state index is 0.610. The molecule has 0 spiro atoms. The van der Waals surface area contributed by atoms with Gasteiger partial charge >= 0.3 is 0 Å². The number of nitrogens with one attached hydrogen (secondary N) is 1. The molecule has 1 unspecified atom stereocenters. The Morgan fingerprint density at radius 1 is 1.21 bits per heavy atom. The minimum absolute atomic E-state index is 0.610. The fourth-order valence-electron chi connectivity index (χ4n) is 2.86. The van der Waals surface area contributed by atoms with E-state index in [0.717, 1.165) is 53.3 Å². The van der Waals surface area contributed by atoms with E-state index in [1.165, 1.54) is 12.8 Å². The SMILES string of the molecule is Cc1cc(Cl)c(N2CCCNC(C3CC3)C2)cc1Cl. The Labute approximate surface area is 125 Å². The van der Waals surface area contributed by atoms with Crippen molar-refractivity contribution in [3.8, 4) is 0 Å². The van der Waals surface area contributed by atoms with E-state index in [1.54, 1.807) is 0 Å². The second-order valence-corrected chi connectivity index (χ2v) is 6.56. The van der Waals surface area contributed by atoms with Crippen LogP contribution in [-0.2, 0) is 0 Å². The first-order chi connectivity index (χ1) is 9.15. The van der Waals surface area contributed by atoms with Crippen LogP contribution in [0.1, 0.15) is 24.8 Å². The molecule has 4 heteroatoms. The molecule has 0 aromatic heterocycles. The predicted octanol–water partition coefficient (Wildman–Crippen LogP) is 3.88. The number of anilines is 1. The van der Waals surface area contributed by atoms with Gasteiger partial charge in [0.15, 0.2) is 0 Å². The molecule has 0 radical (unpaired) electrons. The van der Waals surface area contributed by atoms with E-state index in [2.05, 4.69) is 10.2 Å². The molecule has 1 N–H and O–H groups in total. The van der Waals surface area contributed by atoms with Crippen molar-refractivity contribution >= 4 is 28.9 Å². The molecule has 1 heterocycles. The highest BCUT2D eigenvalue weighted by Gasteiger charge is 2.33. The number of hydrogen-bond donors (Lipinski definition) is 1. The molecule has 104 valence electrons. The van der Waals surface area contributed by atoms with Gasteiger partial charge in [-0.3, -0.25) is 0 Å². The maximum absolute atomic E-state index is 6.41. The fourth-order valence-corrected chi connectivity index (χ4v) is 3.36. The number of hydrogen-bond acceptors (Lipinski definition) is 2. The van der Waals surface area contributed by atoms with E-state index in [1.807, 2.05) is 19.1 Å². The van der Waals surface area contributed by atoms with Crippen LogP contribution in [0.3, 0.4) is 0 Å². The van der Waals surface area contributed by atoms with Crippen LogP contribution in [0, 0.1) is 12.8 Å². The monoisotopic (exact) mass is 298 g/mol. The molecule has 1 atom stereocenters. The highest BCUT2D eigenvalue weighted by atomic mass is 35.5. The Kier molecular flexibility index (Phi) is 3.93. The summed E-state index contributed by atoms with van der Waals surface area (Å²) in [5.41, 5.74) is 2.13. The van der Waals surface area contributed by atoms with Crippen molar-refractivity contribution < 1.29 is 0 Å². The normalized spacial score (nSPS) is 24.4. The summed E-state index contributed by atoms with van der Waals surface area (Å²) in [6, 6.07) is 4.61. The number of aryl methyl sites for hydroxylation is 1. The van der Waals surface area contributed by atoms with Crippen LogP contribution in [0.5, 0.6) is 0 Å². The van der Waals surface area contributed by atoms with Crippen molar-refractivity contribution in [2.45, 2.75) is 32.2 Å². The lowest BCUT2D eigenvalue weighted by molar-refractivity contribution is 0.490. The molecule has 2 fully saturated rings. The van der Waals surface area contributed by atoms with Crippen molar-refractivity contribution in [1.29, 1.82) is 0 Å². The van der Waals surface area contributed by atoms with Crippen LogP contribution in [0.15, 0.2) is 12.1 Å². The maximum atomic E-state index is 6.41. The van der Waals surface area contributed by atoms with Crippen LogP contribution in [-0.4, -0.2) is 25.7 Å². The summed E-state index contributed by atoms with van der Waals surface area (Å²) in [5, 5.41) is 5.29. The number of benzene rings is 1. The zero-order valence-electron chi connectivity index (χ0n) is 11.3. The molecule has 1 saturated heterocycles. The van der Waals surface area contributed by atoms with Crippen LogP contribution in [0.25, 0.3) is 0 Å². The third-order valence-electron chi connectivity index (χ3n) is 4.19. The van der Waals surface area contributed by atoms with Crippen LogP contribution >= 0.6 is 23.2 Å². The van der Waals surface area contributed by atoms with Gasteiger partial charge < -0.3 is 10.2 Å². The van der Waals surface area contributed by atoms with Gasteiger partial charge in [-0.15, -0.1) is 0 Å². The summed E-state index contributed by atoms with van der Waals surface area (Å²) in [7, 11) is 0. The Hall–Kier alpha value is -0.440. The van der Waals surface area contributed by atoms with Gasteiger partial charge in [0, 0.05) is 24.2 Å². The lowest BCUT2D eigenvalue weighted by Crippen LogP contribution is -2.39. The molecule has 2 nitrogen and oxygen atoms in total. The highest BCUT2D eigenvalue weighted by molar-refractivity contribution is 6.35. The molecule has 1 aromatic rings. The molecule has 0 bridgehead atoms. The molecule has 19 heavy (non-hydrogen) atoms. The quantitative estimate of drug-likeness (QED) is 0.891. The van der Waals surface area contributed by atoms with E-state index in [9.17, 15) is 0 Å². The van der Waals surface area contributed by atoms with Crippen molar-refractivity contribution in [1.82, 2.24) is 5.32 Å². The van der Waals surface area contributed by atoms with Gasteiger partial charge in [0.05, 0.1) is 10.7 Å². The molecule has 1 aliphatic heterocycles. The molecular weight excluding hydrogens is 279 g/mol. The second kappa shape index (κ2) is 5.51. The molecule has 2 aliphatic rings. The molecule has 1 saturated carbocycles.